The van der Waals surface area contributed by atoms with Crippen molar-refractivity contribution >= 4 is 43.2 Å². The molecular formula is C13H14BrClN2O3S. The molecular weight excluding hydrogens is 380 g/mol. The van der Waals surface area contributed by atoms with Gasteiger partial charge in [-0.3, -0.25) is 4.72 Å². The summed E-state index contributed by atoms with van der Waals surface area (Å²) in [6.07, 6.45) is 0. The molecule has 0 unspecified atom stereocenters. The van der Waals surface area contributed by atoms with Crippen LogP contribution >= 0.6 is 27.5 Å². The van der Waals surface area contributed by atoms with Crippen molar-refractivity contribution in [2.75, 3.05) is 11.8 Å². The van der Waals surface area contributed by atoms with E-state index in [-0.39, 0.29) is 4.90 Å². The second-order valence-electron chi connectivity index (χ2n) is 4.40. The second kappa shape index (κ2) is 6.39. The molecule has 114 valence electrons. The van der Waals surface area contributed by atoms with Gasteiger partial charge in [-0.05, 0) is 48.1 Å². The summed E-state index contributed by atoms with van der Waals surface area (Å²) in [4.78, 5) is 0.124. The first-order chi connectivity index (χ1) is 9.83. The van der Waals surface area contributed by atoms with Crippen molar-refractivity contribution in [2.45, 2.75) is 18.4 Å². The highest BCUT2D eigenvalue weighted by atomic mass is 79.9. The molecule has 1 aromatic heterocycles. The molecule has 8 heteroatoms. The minimum absolute atomic E-state index is 0.124. The Morgan fingerprint density at radius 2 is 2.05 bits per heavy atom. The minimum Gasteiger partial charge on any atom is -0.464 e. The number of furan rings is 1. The molecule has 0 aliphatic rings. The van der Waals surface area contributed by atoms with Crippen LogP contribution in [0.5, 0.6) is 0 Å². The van der Waals surface area contributed by atoms with Crippen LogP contribution in [-0.2, 0) is 16.6 Å². The maximum Gasteiger partial charge on any atom is 0.265 e. The molecule has 2 rings (SSSR count). The lowest BCUT2D eigenvalue weighted by molar-refractivity contribution is 0.466. The Bertz CT molecular complexity index is 759. The summed E-state index contributed by atoms with van der Waals surface area (Å²) in [6, 6.07) is 6.32. The van der Waals surface area contributed by atoms with Crippen LogP contribution in [0.1, 0.15) is 11.5 Å². The summed E-state index contributed by atoms with van der Waals surface area (Å²) in [5.74, 6) is 0.911. The molecule has 21 heavy (non-hydrogen) atoms. The van der Waals surface area contributed by atoms with Gasteiger partial charge < -0.3 is 9.73 Å². The highest BCUT2D eigenvalue weighted by molar-refractivity contribution is 9.10. The molecule has 2 N–H and O–H groups in total. The van der Waals surface area contributed by atoms with E-state index >= 15 is 0 Å². The van der Waals surface area contributed by atoms with E-state index in [0.29, 0.717) is 33.2 Å². The van der Waals surface area contributed by atoms with Crippen LogP contribution in [0.3, 0.4) is 0 Å². The molecule has 0 fully saturated rings. The molecule has 1 aromatic carbocycles. The number of nitrogens with one attached hydrogen (secondary N) is 2. The highest BCUT2D eigenvalue weighted by Gasteiger charge is 2.21. The average molecular weight is 394 g/mol. The number of hydrogen-bond donors (Lipinski definition) is 2. The van der Waals surface area contributed by atoms with Gasteiger partial charge in [0.1, 0.15) is 16.4 Å². The fourth-order valence-corrected chi connectivity index (χ4v) is 3.57. The molecule has 0 amide bonds. The van der Waals surface area contributed by atoms with E-state index in [4.69, 9.17) is 16.0 Å². The molecule has 1 heterocycles. The number of benzene rings is 1. The number of aryl methyl sites for hydroxylation is 1. The van der Waals surface area contributed by atoms with Crippen LogP contribution in [0.15, 0.2) is 38.1 Å². The van der Waals surface area contributed by atoms with Gasteiger partial charge in [0, 0.05) is 10.5 Å². The average Bonchev–Trinajstić information content (AvgIpc) is 2.76. The van der Waals surface area contributed by atoms with Gasteiger partial charge in [-0.25, -0.2) is 8.42 Å². The van der Waals surface area contributed by atoms with Crippen molar-refractivity contribution in [3.05, 3.63) is 45.3 Å². The van der Waals surface area contributed by atoms with Gasteiger partial charge in [-0.15, -0.1) is 0 Å². The monoisotopic (exact) mass is 392 g/mol. The fraction of sp³-hybridized carbons (Fsp3) is 0.231. The maximum atomic E-state index is 12.4. The molecule has 0 aliphatic carbocycles. The number of sulfonamides is 1. The first kappa shape index (κ1) is 16.4. The van der Waals surface area contributed by atoms with Crippen molar-refractivity contribution in [1.29, 1.82) is 0 Å². The van der Waals surface area contributed by atoms with E-state index in [9.17, 15) is 8.42 Å². The summed E-state index contributed by atoms with van der Waals surface area (Å²) >= 11 is 9.14. The molecule has 0 aliphatic heterocycles. The van der Waals surface area contributed by atoms with Crippen LogP contribution in [0, 0.1) is 6.92 Å². The lowest BCUT2D eigenvalue weighted by Crippen LogP contribution is -2.13. The number of halogens is 2. The van der Waals surface area contributed by atoms with E-state index in [1.54, 1.807) is 32.2 Å². The van der Waals surface area contributed by atoms with E-state index in [2.05, 4.69) is 26.0 Å². The number of hydrogen-bond acceptors (Lipinski definition) is 4. The van der Waals surface area contributed by atoms with E-state index < -0.39 is 10.0 Å². The molecule has 0 bridgehead atoms. The molecule has 5 nitrogen and oxygen atoms in total. The Hall–Kier alpha value is -1.02. The molecule has 0 saturated carbocycles. The van der Waals surface area contributed by atoms with E-state index in [1.165, 1.54) is 6.07 Å². The molecule has 0 atom stereocenters. The first-order valence-electron chi connectivity index (χ1n) is 6.05. The minimum atomic E-state index is -3.71. The third kappa shape index (κ3) is 3.79. The van der Waals surface area contributed by atoms with Gasteiger partial charge in [0.25, 0.3) is 10.0 Å². The summed E-state index contributed by atoms with van der Waals surface area (Å²) in [5, 5.41) is 3.42. The predicted octanol–water partition coefficient (Wildman–Crippen LogP) is 3.52. The van der Waals surface area contributed by atoms with Crippen LogP contribution in [0.25, 0.3) is 0 Å². The fourth-order valence-electron chi connectivity index (χ4n) is 1.82. The standard InChI is InChI=1S/C13H14BrClN2O3S/c1-8-13(6-10(20-8)7-16-2)21(18,19)17-9-3-4-12(15)11(14)5-9/h3-6,16-17H,7H2,1-2H3. The van der Waals surface area contributed by atoms with Crippen molar-refractivity contribution in [2.24, 2.45) is 0 Å². The van der Waals surface area contributed by atoms with Gasteiger partial charge >= 0.3 is 0 Å². The predicted molar refractivity (Wildman–Crippen MR) is 86.2 cm³/mol. The van der Waals surface area contributed by atoms with Gasteiger partial charge in [0.2, 0.25) is 0 Å². The first-order valence-corrected chi connectivity index (χ1v) is 8.70. The zero-order valence-corrected chi connectivity index (χ0v) is 14.6. The van der Waals surface area contributed by atoms with Crippen LogP contribution in [-0.4, -0.2) is 15.5 Å². The van der Waals surface area contributed by atoms with Gasteiger partial charge in [-0.1, -0.05) is 11.6 Å². The van der Waals surface area contributed by atoms with E-state index in [1.807, 2.05) is 0 Å². The van der Waals surface area contributed by atoms with Gasteiger partial charge in [-0.2, -0.15) is 0 Å². The summed E-state index contributed by atoms with van der Waals surface area (Å²) < 4.78 is 33.3. The smallest absolute Gasteiger partial charge is 0.265 e. The van der Waals surface area contributed by atoms with Crippen LogP contribution < -0.4 is 10.0 Å². The normalized spacial score (nSPS) is 11.6. The molecule has 0 saturated heterocycles. The van der Waals surface area contributed by atoms with Crippen molar-refractivity contribution in [3.63, 3.8) is 0 Å². The van der Waals surface area contributed by atoms with Crippen LogP contribution in [0.4, 0.5) is 5.69 Å². The van der Waals surface area contributed by atoms with Gasteiger partial charge in [0.05, 0.1) is 17.3 Å². The largest absolute Gasteiger partial charge is 0.464 e. The SMILES string of the molecule is CNCc1cc(S(=O)(=O)Nc2ccc(Cl)c(Br)c2)c(C)o1. The zero-order valence-electron chi connectivity index (χ0n) is 11.4. The lowest BCUT2D eigenvalue weighted by Gasteiger charge is -2.07. The number of rotatable bonds is 5. The quantitative estimate of drug-likeness (QED) is 0.815. The Morgan fingerprint density at radius 3 is 2.67 bits per heavy atom. The maximum absolute atomic E-state index is 12.4. The summed E-state index contributed by atoms with van der Waals surface area (Å²) in [6.45, 7) is 2.08. The molecule has 0 radical (unpaired) electrons. The Kier molecular flexibility index (Phi) is 4.98. The summed E-state index contributed by atoms with van der Waals surface area (Å²) in [7, 11) is -1.95. The van der Waals surface area contributed by atoms with Crippen molar-refractivity contribution in [3.8, 4) is 0 Å². The topological polar surface area (TPSA) is 71.3 Å². The Labute approximate surface area is 136 Å². The van der Waals surface area contributed by atoms with Crippen molar-refractivity contribution < 1.29 is 12.8 Å². The molecule has 0 spiro atoms. The zero-order chi connectivity index (χ0) is 15.6. The van der Waals surface area contributed by atoms with Crippen LogP contribution in [0.2, 0.25) is 5.02 Å². The third-order valence-corrected chi connectivity index (χ3v) is 5.44. The van der Waals surface area contributed by atoms with E-state index in [0.717, 1.165) is 0 Å². The lowest BCUT2D eigenvalue weighted by atomic mass is 10.3. The number of anilines is 1. The van der Waals surface area contributed by atoms with Gasteiger partial charge in [0.15, 0.2) is 0 Å². The second-order valence-corrected chi connectivity index (χ2v) is 7.31. The Morgan fingerprint density at radius 1 is 1.33 bits per heavy atom. The summed E-state index contributed by atoms with van der Waals surface area (Å²) in [5.41, 5.74) is 0.419. The van der Waals surface area contributed by atoms with Crippen molar-refractivity contribution in [1.82, 2.24) is 5.32 Å². The Balaban J connectivity index is 2.31. The molecule has 2 aromatic rings. The highest BCUT2D eigenvalue weighted by Crippen LogP contribution is 2.28. The third-order valence-electron chi connectivity index (χ3n) is 2.74.